The van der Waals surface area contributed by atoms with Gasteiger partial charge < -0.3 is 14.6 Å². The van der Waals surface area contributed by atoms with Crippen LogP contribution in [-0.2, 0) is 19.1 Å². The average molecular weight is 1060 g/mol. The van der Waals surface area contributed by atoms with Crippen LogP contribution in [0.5, 0.6) is 0 Å². The summed E-state index contributed by atoms with van der Waals surface area (Å²) in [5, 5.41) is 9.68. The number of carbonyl (C=O) groups excluding carboxylic acids is 2. The molecular formula is C71H130O5. The third kappa shape index (κ3) is 64.1. The SMILES string of the molecule is CC/C=C\C/C=C\C/C=C\C/C=C\CCCCCCCCCCCCC(=O)OC(CO)COC(=O)CCCCCCCCCCCCCCCCCCCCCCCCCCCCC/C=C\CCCCCCCCCC. The monoisotopic (exact) mass is 1060 g/mol. The maximum Gasteiger partial charge on any atom is 0.306 e. The predicted molar refractivity (Wildman–Crippen MR) is 334 cm³/mol. The zero-order valence-corrected chi connectivity index (χ0v) is 51.0. The minimum absolute atomic E-state index is 0.0651. The molecule has 0 aliphatic heterocycles. The Hall–Kier alpha value is -2.40. The summed E-state index contributed by atoms with van der Waals surface area (Å²) >= 11 is 0. The maximum absolute atomic E-state index is 12.3. The summed E-state index contributed by atoms with van der Waals surface area (Å²) < 4.78 is 10.7. The molecule has 0 saturated carbocycles. The van der Waals surface area contributed by atoms with Crippen molar-refractivity contribution in [1.82, 2.24) is 0 Å². The molecule has 0 bridgehead atoms. The number of hydrogen-bond acceptors (Lipinski definition) is 5. The van der Waals surface area contributed by atoms with Crippen LogP contribution in [0, 0.1) is 0 Å². The summed E-state index contributed by atoms with van der Waals surface area (Å²) in [7, 11) is 0. The standard InChI is InChI=1S/C71H130O5/c1-3-5-7-9-11-13-15-17-19-21-23-25-27-28-29-30-31-32-33-34-35-36-37-38-39-40-41-42-44-45-47-49-51-53-55-57-59-61-63-65-70(73)75-68-69(67-72)76-71(74)66-64-62-60-58-56-54-52-50-48-46-43-26-24-22-20-18-16-14-12-10-8-6-4-2/h6,8,12,14,18,20-21,23-24,26,69,72H,3-5,7,9-11,13,15-17,19,22,25,27-68H2,1-2H3/b8-6-,14-12-,20-18-,23-21-,26-24-. The third-order valence-corrected chi connectivity index (χ3v) is 15.3. The lowest BCUT2D eigenvalue weighted by Crippen LogP contribution is -2.28. The minimum Gasteiger partial charge on any atom is -0.462 e. The van der Waals surface area contributed by atoms with Crippen LogP contribution in [0.15, 0.2) is 60.8 Å². The lowest BCUT2D eigenvalue weighted by atomic mass is 10.0. The van der Waals surface area contributed by atoms with Gasteiger partial charge in [0.15, 0.2) is 6.10 Å². The molecule has 0 fully saturated rings. The third-order valence-electron chi connectivity index (χ3n) is 15.3. The molecule has 76 heavy (non-hydrogen) atoms. The Morgan fingerprint density at radius 1 is 0.316 bits per heavy atom. The molecule has 0 aromatic heterocycles. The number of allylic oxidation sites excluding steroid dienone is 10. The molecule has 0 aliphatic rings. The van der Waals surface area contributed by atoms with Crippen molar-refractivity contribution in [3.05, 3.63) is 60.8 Å². The predicted octanol–water partition coefficient (Wildman–Crippen LogP) is 23.3. The summed E-state index contributed by atoms with van der Waals surface area (Å²) in [6.07, 6.45) is 91.2. The van der Waals surface area contributed by atoms with E-state index >= 15 is 0 Å². The summed E-state index contributed by atoms with van der Waals surface area (Å²) in [5.41, 5.74) is 0. The molecule has 0 spiro atoms. The van der Waals surface area contributed by atoms with Crippen LogP contribution in [-0.4, -0.2) is 36.4 Å². The van der Waals surface area contributed by atoms with Crippen molar-refractivity contribution in [2.75, 3.05) is 13.2 Å². The second-order valence-electron chi connectivity index (χ2n) is 22.9. The van der Waals surface area contributed by atoms with Gasteiger partial charge in [-0.2, -0.15) is 0 Å². The molecule has 0 aliphatic carbocycles. The maximum atomic E-state index is 12.3. The van der Waals surface area contributed by atoms with Crippen molar-refractivity contribution in [3.63, 3.8) is 0 Å². The first-order valence-electron chi connectivity index (χ1n) is 33.8. The van der Waals surface area contributed by atoms with Crippen LogP contribution in [0.4, 0.5) is 0 Å². The van der Waals surface area contributed by atoms with Crippen LogP contribution >= 0.6 is 0 Å². The van der Waals surface area contributed by atoms with E-state index in [1.165, 1.54) is 270 Å². The summed E-state index contributed by atoms with van der Waals surface area (Å²) in [6.45, 7) is 4.07. The fraction of sp³-hybridized carbons (Fsp3) is 0.831. The van der Waals surface area contributed by atoms with E-state index in [9.17, 15) is 14.7 Å². The topological polar surface area (TPSA) is 72.8 Å². The van der Waals surface area contributed by atoms with Crippen LogP contribution in [0.1, 0.15) is 361 Å². The highest BCUT2D eigenvalue weighted by molar-refractivity contribution is 5.70. The van der Waals surface area contributed by atoms with Crippen LogP contribution in [0.25, 0.3) is 0 Å². The highest BCUT2D eigenvalue weighted by Gasteiger charge is 2.16. The molecule has 444 valence electrons. The van der Waals surface area contributed by atoms with Gasteiger partial charge in [0.1, 0.15) is 6.61 Å². The molecule has 5 nitrogen and oxygen atoms in total. The quantitative estimate of drug-likeness (QED) is 0.0373. The molecule has 0 amide bonds. The van der Waals surface area contributed by atoms with Crippen molar-refractivity contribution < 1.29 is 24.2 Å². The van der Waals surface area contributed by atoms with E-state index in [2.05, 4.69) is 74.6 Å². The van der Waals surface area contributed by atoms with E-state index in [0.29, 0.717) is 12.8 Å². The number of aliphatic hydroxyl groups is 1. The van der Waals surface area contributed by atoms with E-state index in [1.54, 1.807) is 0 Å². The normalized spacial score (nSPS) is 12.5. The second kappa shape index (κ2) is 66.9. The fourth-order valence-electron chi connectivity index (χ4n) is 10.3. The first-order chi connectivity index (χ1) is 37.6. The van der Waals surface area contributed by atoms with Gasteiger partial charge in [-0.3, -0.25) is 9.59 Å². The molecule has 5 heteroatoms. The molecule has 1 atom stereocenters. The van der Waals surface area contributed by atoms with E-state index < -0.39 is 6.10 Å². The van der Waals surface area contributed by atoms with Gasteiger partial charge in [-0.05, 0) is 77.0 Å². The van der Waals surface area contributed by atoms with Crippen molar-refractivity contribution in [3.8, 4) is 0 Å². The molecule has 0 rings (SSSR count). The molecular weight excluding hydrogens is 933 g/mol. The minimum atomic E-state index is -0.776. The van der Waals surface area contributed by atoms with Gasteiger partial charge >= 0.3 is 11.9 Å². The van der Waals surface area contributed by atoms with Crippen LogP contribution in [0.3, 0.4) is 0 Å². The fourth-order valence-corrected chi connectivity index (χ4v) is 10.3. The first-order valence-corrected chi connectivity index (χ1v) is 33.8. The smallest absolute Gasteiger partial charge is 0.306 e. The van der Waals surface area contributed by atoms with Gasteiger partial charge in [-0.15, -0.1) is 0 Å². The second-order valence-corrected chi connectivity index (χ2v) is 22.9. The summed E-state index contributed by atoms with van der Waals surface area (Å²) in [4.78, 5) is 24.6. The molecule has 1 N–H and O–H groups in total. The highest BCUT2D eigenvalue weighted by atomic mass is 16.6. The lowest BCUT2D eigenvalue weighted by molar-refractivity contribution is -0.161. The zero-order valence-electron chi connectivity index (χ0n) is 51.0. The zero-order chi connectivity index (χ0) is 54.8. The Kier molecular flexibility index (Phi) is 64.8. The van der Waals surface area contributed by atoms with Crippen molar-refractivity contribution in [2.24, 2.45) is 0 Å². The number of aliphatic hydroxyl groups excluding tert-OH is 1. The summed E-state index contributed by atoms with van der Waals surface area (Å²) in [6, 6.07) is 0. The van der Waals surface area contributed by atoms with Gasteiger partial charge in [0.25, 0.3) is 0 Å². The van der Waals surface area contributed by atoms with E-state index in [0.717, 1.165) is 64.2 Å². The van der Waals surface area contributed by atoms with Crippen molar-refractivity contribution in [1.29, 1.82) is 0 Å². The first kappa shape index (κ1) is 73.6. The van der Waals surface area contributed by atoms with Gasteiger partial charge in [-0.25, -0.2) is 0 Å². The number of carbonyl (C=O) groups is 2. The number of hydrogen-bond donors (Lipinski definition) is 1. The van der Waals surface area contributed by atoms with Crippen molar-refractivity contribution >= 4 is 11.9 Å². The van der Waals surface area contributed by atoms with E-state index in [1.807, 2.05) is 0 Å². The molecule has 0 aromatic rings. The number of rotatable bonds is 63. The molecule has 1 unspecified atom stereocenters. The van der Waals surface area contributed by atoms with Crippen molar-refractivity contribution in [2.45, 2.75) is 367 Å². The molecule has 0 heterocycles. The summed E-state index contributed by atoms with van der Waals surface area (Å²) in [5.74, 6) is -0.580. The van der Waals surface area contributed by atoms with Crippen LogP contribution in [0.2, 0.25) is 0 Å². The Labute approximate surface area is 474 Å². The number of unbranched alkanes of at least 4 members (excludes halogenated alkanes) is 45. The Balaban J connectivity index is 3.38. The number of esters is 2. The average Bonchev–Trinajstić information content (AvgIpc) is 3.42. The Morgan fingerprint density at radius 2 is 0.566 bits per heavy atom. The molecule has 0 aromatic carbocycles. The van der Waals surface area contributed by atoms with Gasteiger partial charge in [0, 0.05) is 12.8 Å². The van der Waals surface area contributed by atoms with Gasteiger partial charge in [0.05, 0.1) is 6.61 Å². The largest absolute Gasteiger partial charge is 0.462 e. The van der Waals surface area contributed by atoms with Gasteiger partial charge in [0.2, 0.25) is 0 Å². The Bertz CT molecular complexity index is 1300. The number of ether oxygens (including phenoxy) is 2. The lowest BCUT2D eigenvalue weighted by Gasteiger charge is -2.15. The highest BCUT2D eigenvalue weighted by Crippen LogP contribution is 2.18. The van der Waals surface area contributed by atoms with Crippen LogP contribution < -0.4 is 0 Å². The van der Waals surface area contributed by atoms with E-state index in [4.69, 9.17) is 9.47 Å². The Morgan fingerprint density at radius 3 is 0.868 bits per heavy atom. The van der Waals surface area contributed by atoms with Gasteiger partial charge in [-0.1, -0.05) is 331 Å². The molecule has 0 radical (unpaired) electrons. The van der Waals surface area contributed by atoms with E-state index in [-0.39, 0.29) is 25.2 Å². The molecule has 0 saturated heterocycles.